The second-order valence-corrected chi connectivity index (χ2v) is 11.3. The van der Waals surface area contributed by atoms with Crippen LogP contribution in [0.2, 0.25) is 15.1 Å². The summed E-state index contributed by atoms with van der Waals surface area (Å²) in [5.74, 6) is -0.124. The van der Waals surface area contributed by atoms with Crippen LogP contribution < -0.4 is 10.6 Å². The van der Waals surface area contributed by atoms with Gasteiger partial charge < -0.3 is 20.1 Å². The molecule has 7 nitrogen and oxygen atoms in total. The van der Waals surface area contributed by atoms with E-state index in [0.29, 0.717) is 51.8 Å². The number of nitriles is 1. The van der Waals surface area contributed by atoms with E-state index in [4.69, 9.17) is 52.3 Å². The van der Waals surface area contributed by atoms with Gasteiger partial charge >= 0.3 is 0 Å². The number of aromatic nitrogens is 2. The molecule has 4 rings (SSSR count). The second kappa shape index (κ2) is 15.0. The van der Waals surface area contributed by atoms with Gasteiger partial charge in [0.25, 0.3) is 0 Å². The lowest BCUT2D eigenvalue weighted by atomic mass is 10.1. The lowest BCUT2D eigenvalue weighted by Crippen LogP contribution is -2.47. The van der Waals surface area contributed by atoms with Crippen LogP contribution in [0.5, 0.6) is 0 Å². The van der Waals surface area contributed by atoms with Crippen molar-refractivity contribution in [2.45, 2.75) is 38.9 Å². The molecule has 0 aliphatic carbocycles. The molecule has 11 heteroatoms. The Bertz CT molecular complexity index is 1570. The second-order valence-electron chi connectivity index (χ2n) is 9.70. The van der Waals surface area contributed by atoms with Gasteiger partial charge in [0.2, 0.25) is 5.91 Å². The highest BCUT2D eigenvalue weighted by Gasteiger charge is 2.20. The topological polar surface area (TPSA) is 86.0 Å². The monoisotopic (exact) mass is 638 g/mol. The Balaban J connectivity index is 1.45. The van der Waals surface area contributed by atoms with E-state index in [9.17, 15) is 4.79 Å². The number of carbonyl (C=O) groups is 1. The summed E-state index contributed by atoms with van der Waals surface area (Å²) in [6, 6.07) is 22.0. The van der Waals surface area contributed by atoms with Crippen molar-refractivity contribution < 1.29 is 4.79 Å². The van der Waals surface area contributed by atoms with Crippen molar-refractivity contribution in [3.63, 3.8) is 0 Å². The third kappa shape index (κ3) is 8.70. The van der Waals surface area contributed by atoms with E-state index in [2.05, 4.69) is 21.7 Å². The van der Waals surface area contributed by atoms with Crippen LogP contribution in [-0.2, 0) is 24.3 Å². The molecule has 216 valence electrons. The molecule has 4 aromatic rings. The first-order valence-electron chi connectivity index (χ1n) is 13.3. The van der Waals surface area contributed by atoms with Gasteiger partial charge in [0.1, 0.15) is 0 Å². The zero-order valence-electron chi connectivity index (χ0n) is 22.9. The number of nitrogens with one attached hydrogen (secondary N) is 2. The van der Waals surface area contributed by atoms with Crippen molar-refractivity contribution in [1.82, 2.24) is 19.8 Å². The summed E-state index contributed by atoms with van der Waals surface area (Å²) >= 11 is 24.6. The standard InChI is InChI=1S/C31H29Cl3N6OS/c1-2-25(37-29(41)14-27-16-36-20-40(27)17-22-8-6-21(15-35)7-9-22)19-39(18-23-4-3-5-28(33)30(23)34)31(42)38-26-12-10-24(32)11-13-26/h3-13,16,20,25H,2,14,17-19H2,1H3,(H,37,41)(H,38,42)/t25-/m0/s1. The molecule has 1 atom stereocenters. The van der Waals surface area contributed by atoms with E-state index in [-0.39, 0.29) is 18.4 Å². The molecule has 1 heterocycles. The first-order chi connectivity index (χ1) is 20.2. The summed E-state index contributed by atoms with van der Waals surface area (Å²) in [6.07, 6.45) is 4.25. The smallest absolute Gasteiger partial charge is 0.226 e. The van der Waals surface area contributed by atoms with Gasteiger partial charge in [-0.2, -0.15) is 5.26 Å². The average molecular weight is 640 g/mol. The fourth-order valence-electron chi connectivity index (χ4n) is 4.34. The molecule has 0 radical (unpaired) electrons. The van der Waals surface area contributed by atoms with Gasteiger partial charge in [-0.25, -0.2) is 4.98 Å². The number of hydrogen-bond acceptors (Lipinski definition) is 4. The van der Waals surface area contributed by atoms with Crippen molar-refractivity contribution in [3.05, 3.63) is 117 Å². The molecular weight excluding hydrogens is 611 g/mol. The highest BCUT2D eigenvalue weighted by Crippen LogP contribution is 2.27. The zero-order chi connectivity index (χ0) is 30.1. The summed E-state index contributed by atoms with van der Waals surface area (Å²) in [4.78, 5) is 19.4. The Kier molecular flexibility index (Phi) is 11.2. The van der Waals surface area contributed by atoms with Crippen LogP contribution >= 0.6 is 47.0 Å². The maximum atomic E-state index is 13.2. The number of thiocarbonyl (C=S) groups is 1. The fourth-order valence-corrected chi connectivity index (χ4v) is 5.10. The van der Waals surface area contributed by atoms with Gasteiger partial charge in [-0.05, 0) is 72.2 Å². The van der Waals surface area contributed by atoms with Crippen molar-refractivity contribution in [3.8, 4) is 6.07 Å². The van der Waals surface area contributed by atoms with Crippen LogP contribution in [0.1, 0.15) is 35.7 Å². The Labute approximate surface area is 266 Å². The Morgan fingerprint density at radius 3 is 2.52 bits per heavy atom. The Hall–Kier alpha value is -3.61. The minimum atomic E-state index is -0.199. The maximum absolute atomic E-state index is 13.2. The largest absolute Gasteiger partial charge is 0.351 e. The zero-order valence-corrected chi connectivity index (χ0v) is 25.9. The molecular formula is C31H29Cl3N6OS. The van der Waals surface area contributed by atoms with Gasteiger partial charge in [0.05, 0.1) is 34.4 Å². The van der Waals surface area contributed by atoms with Gasteiger partial charge in [-0.15, -0.1) is 0 Å². The summed E-state index contributed by atoms with van der Waals surface area (Å²) in [7, 11) is 0. The minimum Gasteiger partial charge on any atom is -0.351 e. The first kappa shape index (κ1) is 31.3. The third-order valence-corrected chi connectivity index (χ3v) is 8.12. The molecule has 0 unspecified atom stereocenters. The highest BCUT2D eigenvalue weighted by atomic mass is 35.5. The highest BCUT2D eigenvalue weighted by molar-refractivity contribution is 7.80. The van der Waals surface area contributed by atoms with Crippen LogP contribution in [0.15, 0.2) is 79.3 Å². The molecule has 0 fully saturated rings. The molecule has 0 bridgehead atoms. The Morgan fingerprint density at radius 1 is 1.10 bits per heavy atom. The number of anilines is 1. The average Bonchev–Trinajstić information content (AvgIpc) is 3.41. The number of amides is 1. The van der Waals surface area contributed by atoms with Crippen LogP contribution in [0.3, 0.4) is 0 Å². The lowest BCUT2D eigenvalue weighted by Gasteiger charge is -2.30. The van der Waals surface area contributed by atoms with Gasteiger partial charge in [-0.1, -0.05) is 66.0 Å². The molecule has 3 aromatic carbocycles. The van der Waals surface area contributed by atoms with Crippen molar-refractivity contribution >= 4 is 63.7 Å². The summed E-state index contributed by atoms with van der Waals surface area (Å²) in [5.41, 5.74) is 4.01. The molecule has 0 aliphatic heterocycles. The van der Waals surface area contributed by atoms with Crippen LogP contribution in [-0.4, -0.2) is 38.1 Å². The molecule has 0 aliphatic rings. The third-order valence-electron chi connectivity index (χ3n) is 6.65. The molecule has 1 amide bonds. The number of halogens is 3. The summed E-state index contributed by atoms with van der Waals surface area (Å²) in [6.45, 7) is 3.39. The number of carbonyl (C=O) groups excluding carboxylic acids is 1. The molecule has 0 saturated heterocycles. The van der Waals surface area contributed by atoms with Gasteiger partial charge in [0.15, 0.2) is 5.11 Å². The van der Waals surface area contributed by atoms with Crippen molar-refractivity contribution in [2.75, 3.05) is 11.9 Å². The lowest BCUT2D eigenvalue weighted by molar-refractivity contribution is -0.121. The van der Waals surface area contributed by atoms with Gasteiger partial charge in [0, 0.05) is 48.3 Å². The SMILES string of the molecule is CC[C@@H](CN(Cc1cccc(Cl)c1Cl)C(=S)Nc1ccc(Cl)cc1)NC(=O)Cc1cncn1Cc1ccc(C#N)cc1. The predicted octanol–water partition coefficient (Wildman–Crippen LogP) is 7.10. The minimum absolute atomic E-state index is 0.124. The number of hydrogen-bond donors (Lipinski definition) is 2. The number of rotatable bonds is 11. The van der Waals surface area contributed by atoms with E-state index >= 15 is 0 Å². The molecule has 0 saturated carbocycles. The predicted molar refractivity (Wildman–Crippen MR) is 173 cm³/mol. The van der Waals surface area contributed by atoms with Gasteiger partial charge in [-0.3, -0.25) is 4.79 Å². The summed E-state index contributed by atoms with van der Waals surface area (Å²) < 4.78 is 1.93. The molecule has 0 spiro atoms. The van der Waals surface area contributed by atoms with Crippen LogP contribution in [0, 0.1) is 11.3 Å². The first-order valence-corrected chi connectivity index (χ1v) is 14.8. The number of imidazole rings is 1. The maximum Gasteiger partial charge on any atom is 0.226 e. The molecule has 2 N–H and O–H groups in total. The fraction of sp³-hybridized carbons (Fsp3) is 0.226. The van der Waals surface area contributed by atoms with E-state index in [1.165, 1.54) is 0 Å². The van der Waals surface area contributed by atoms with Crippen molar-refractivity contribution in [1.29, 1.82) is 5.26 Å². The summed E-state index contributed by atoms with van der Waals surface area (Å²) in [5, 5.41) is 17.5. The van der Waals surface area contributed by atoms with Crippen LogP contribution in [0.25, 0.3) is 0 Å². The number of benzene rings is 3. The molecule has 1 aromatic heterocycles. The quantitative estimate of drug-likeness (QED) is 0.170. The van der Waals surface area contributed by atoms with Crippen molar-refractivity contribution in [2.24, 2.45) is 0 Å². The number of nitrogens with zero attached hydrogens (tertiary/aromatic N) is 4. The van der Waals surface area contributed by atoms with E-state index in [1.807, 2.05) is 52.8 Å². The van der Waals surface area contributed by atoms with E-state index < -0.39 is 0 Å². The normalized spacial score (nSPS) is 11.4. The van der Waals surface area contributed by atoms with E-state index in [1.54, 1.807) is 42.9 Å². The van der Waals surface area contributed by atoms with Crippen LogP contribution in [0.4, 0.5) is 5.69 Å². The Morgan fingerprint density at radius 2 is 1.83 bits per heavy atom. The molecule has 42 heavy (non-hydrogen) atoms. The van der Waals surface area contributed by atoms with E-state index in [0.717, 1.165) is 22.5 Å².